The summed E-state index contributed by atoms with van der Waals surface area (Å²) in [6, 6.07) is 8.97. The number of nitrogens with zero attached hydrogens (tertiary/aromatic N) is 3. The summed E-state index contributed by atoms with van der Waals surface area (Å²) >= 11 is 10.4. The van der Waals surface area contributed by atoms with Gasteiger partial charge in [-0.3, -0.25) is 4.79 Å². The standard InChI is InChI=1S/C23H22Br3N3O4/c1-12(21(31)32-5)33-19-16(25)8-13(9-17(19)26)11-27-29-20(30)15-10-14(24)6-7-18(15)28-22(29)23(2,3)4/h6-12H,1-5H3/t12-/m0/s1. The molecule has 33 heavy (non-hydrogen) atoms. The summed E-state index contributed by atoms with van der Waals surface area (Å²) in [4.78, 5) is 29.7. The fourth-order valence-electron chi connectivity index (χ4n) is 3.02. The molecule has 10 heteroatoms. The van der Waals surface area contributed by atoms with Crippen LogP contribution in [0.4, 0.5) is 0 Å². The fourth-order valence-corrected chi connectivity index (χ4v) is 4.79. The van der Waals surface area contributed by atoms with E-state index < -0.39 is 17.5 Å². The molecule has 0 amide bonds. The number of rotatable bonds is 5. The summed E-state index contributed by atoms with van der Waals surface area (Å²) in [6.45, 7) is 7.54. The molecule has 1 aromatic heterocycles. The number of ether oxygens (including phenoxy) is 2. The van der Waals surface area contributed by atoms with Gasteiger partial charge in [-0.25, -0.2) is 9.78 Å². The molecule has 0 N–H and O–H groups in total. The van der Waals surface area contributed by atoms with Gasteiger partial charge in [0, 0.05) is 9.89 Å². The van der Waals surface area contributed by atoms with E-state index in [4.69, 9.17) is 14.5 Å². The van der Waals surface area contributed by atoms with Crippen molar-refractivity contribution in [2.24, 2.45) is 5.10 Å². The van der Waals surface area contributed by atoms with Crippen LogP contribution in [0.25, 0.3) is 10.9 Å². The van der Waals surface area contributed by atoms with Gasteiger partial charge < -0.3 is 9.47 Å². The SMILES string of the molecule is COC(=O)[C@H](C)Oc1c(Br)cc(C=Nn2c(C(C)(C)C)nc3ccc(Br)cc3c2=O)cc1Br. The van der Waals surface area contributed by atoms with E-state index in [0.29, 0.717) is 37.0 Å². The van der Waals surface area contributed by atoms with E-state index in [0.717, 1.165) is 4.47 Å². The Morgan fingerprint density at radius 2 is 1.79 bits per heavy atom. The van der Waals surface area contributed by atoms with E-state index >= 15 is 0 Å². The quantitative estimate of drug-likeness (QED) is 0.259. The van der Waals surface area contributed by atoms with Crippen molar-refractivity contribution in [3.05, 3.63) is 65.5 Å². The molecule has 174 valence electrons. The van der Waals surface area contributed by atoms with Crippen molar-refractivity contribution in [3.8, 4) is 5.75 Å². The zero-order valence-corrected chi connectivity index (χ0v) is 23.4. The molecule has 2 aromatic carbocycles. The van der Waals surface area contributed by atoms with Crippen LogP contribution in [-0.2, 0) is 14.9 Å². The van der Waals surface area contributed by atoms with E-state index in [1.54, 1.807) is 31.3 Å². The van der Waals surface area contributed by atoms with Crippen LogP contribution in [0.2, 0.25) is 0 Å². The van der Waals surface area contributed by atoms with E-state index in [-0.39, 0.29) is 5.56 Å². The topological polar surface area (TPSA) is 82.8 Å². The Morgan fingerprint density at radius 3 is 2.36 bits per heavy atom. The van der Waals surface area contributed by atoms with Crippen LogP contribution in [-0.4, -0.2) is 35.1 Å². The number of hydrogen-bond acceptors (Lipinski definition) is 6. The van der Waals surface area contributed by atoms with Gasteiger partial charge in [-0.15, -0.1) is 0 Å². The van der Waals surface area contributed by atoms with Crippen molar-refractivity contribution < 1.29 is 14.3 Å². The van der Waals surface area contributed by atoms with Crippen molar-refractivity contribution >= 4 is 70.9 Å². The van der Waals surface area contributed by atoms with E-state index in [2.05, 4.69) is 52.9 Å². The number of carbonyl (C=O) groups excluding carboxylic acids is 1. The number of hydrogen-bond donors (Lipinski definition) is 0. The first kappa shape index (κ1) is 25.6. The van der Waals surface area contributed by atoms with Gasteiger partial charge in [0.2, 0.25) is 0 Å². The Kier molecular flexibility index (Phi) is 7.80. The second kappa shape index (κ2) is 10.1. The van der Waals surface area contributed by atoms with Gasteiger partial charge >= 0.3 is 5.97 Å². The zero-order valence-electron chi connectivity index (χ0n) is 18.6. The number of carbonyl (C=O) groups is 1. The van der Waals surface area contributed by atoms with Crippen LogP contribution in [0.3, 0.4) is 0 Å². The Hall–Kier alpha value is -2.04. The molecule has 0 spiro atoms. The molecule has 0 aliphatic carbocycles. The Morgan fingerprint density at radius 1 is 1.15 bits per heavy atom. The minimum atomic E-state index is -0.780. The normalized spacial score (nSPS) is 12.8. The van der Waals surface area contributed by atoms with Crippen LogP contribution in [0.1, 0.15) is 39.1 Å². The number of halogens is 3. The first-order chi connectivity index (χ1) is 15.4. The molecule has 0 radical (unpaired) electrons. The molecule has 3 aromatic rings. The van der Waals surface area contributed by atoms with Crippen LogP contribution >= 0.6 is 47.8 Å². The van der Waals surface area contributed by atoms with Crippen LogP contribution in [0, 0.1) is 0 Å². The van der Waals surface area contributed by atoms with Crippen molar-refractivity contribution in [3.63, 3.8) is 0 Å². The summed E-state index contributed by atoms with van der Waals surface area (Å²) in [5.74, 6) is 0.516. The highest BCUT2D eigenvalue weighted by atomic mass is 79.9. The largest absolute Gasteiger partial charge is 0.477 e. The van der Waals surface area contributed by atoms with E-state index in [9.17, 15) is 9.59 Å². The predicted octanol–water partition coefficient (Wildman–Crippen LogP) is 5.80. The number of aromatic nitrogens is 2. The second-order valence-corrected chi connectivity index (χ2v) is 10.9. The number of fused-ring (bicyclic) bond motifs is 1. The average molecular weight is 644 g/mol. The highest BCUT2D eigenvalue weighted by Crippen LogP contribution is 2.35. The second-order valence-electron chi connectivity index (χ2n) is 8.31. The molecule has 1 atom stereocenters. The summed E-state index contributed by atoms with van der Waals surface area (Å²) in [7, 11) is 1.31. The molecule has 0 unspecified atom stereocenters. The molecular formula is C23H22Br3N3O4. The molecule has 0 aliphatic heterocycles. The molecule has 0 saturated heterocycles. The van der Waals surface area contributed by atoms with Crippen molar-refractivity contribution in [1.29, 1.82) is 0 Å². The molecule has 0 saturated carbocycles. The smallest absolute Gasteiger partial charge is 0.346 e. The molecular weight excluding hydrogens is 622 g/mol. The third-order valence-corrected chi connectivity index (χ3v) is 6.32. The van der Waals surface area contributed by atoms with Crippen molar-refractivity contribution in [2.45, 2.75) is 39.2 Å². The zero-order chi connectivity index (χ0) is 24.5. The average Bonchev–Trinajstić information content (AvgIpc) is 2.74. The van der Waals surface area contributed by atoms with Gasteiger partial charge in [0.25, 0.3) is 5.56 Å². The summed E-state index contributed by atoms with van der Waals surface area (Å²) in [6.07, 6.45) is 0.795. The Bertz CT molecular complexity index is 1290. The lowest BCUT2D eigenvalue weighted by Gasteiger charge is -2.21. The van der Waals surface area contributed by atoms with Crippen molar-refractivity contribution in [1.82, 2.24) is 9.66 Å². The lowest BCUT2D eigenvalue weighted by atomic mass is 9.95. The minimum absolute atomic E-state index is 0.257. The monoisotopic (exact) mass is 641 g/mol. The maximum Gasteiger partial charge on any atom is 0.346 e. The first-order valence-corrected chi connectivity index (χ1v) is 12.3. The summed E-state index contributed by atoms with van der Waals surface area (Å²) < 4.78 is 13.8. The number of esters is 1. The molecule has 1 heterocycles. The molecule has 7 nitrogen and oxygen atoms in total. The van der Waals surface area contributed by atoms with Crippen LogP contribution in [0.5, 0.6) is 5.75 Å². The lowest BCUT2D eigenvalue weighted by Crippen LogP contribution is -2.29. The molecule has 0 fully saturated rings. The van der Waals surface area contributed by atoms with Crippen LogP contribution in [0.15, 0.2) is 53.6 Å². The maximum absolute atomic E-state index is 13.3. The number of methoxy groups -OCH3 is 1. The Balaban J connectivity index is 2.06. The van der Waals surface area contributed by atoms with Gasteiger partial charge in [0.15, 0.2) is 6.10 Å². The maximum atomic E-state index is 13.3. The van der Waals surface area contributed by atoms with Gasteiger partial charge in [-0.05, 0) is 74.7 Å². The predicted molar refractivity (Wildman–Crippen MR) is 139 cm³/mol. The molecule has 3 rings (SSSR count). The third-order valence-electron chi connectivity index (χ3n) is 4.65. The highest BCUT2D eigenvalue weighted by molar-refractivity contribution is 9.11. The van der Waals surface area contributed by atoms with Gasteiger partial charge in [0.1, 0.15) is 11.6 Å². The summed E-state index contributed by atoms with van der Waals surface area (Å²) in [5, 5.41) is 4.95. The molecule has 0 bridgehead atoms. The Labute approximate surface area is 216 Å². The van der Waals surface area contributed by atoms with Gasteiger partial charge in [-0.2, -0.15) is 9.78 Å². The van der Waals surface area contributed by atoms with Gasteiger partial charge in [0.05, 0.1) is 33.2 Å². The van der Waals surface area contributed by atoms with Gasteiger partial charge in [-0.1, -0.05) is 36.7 Å². The fraction of sp³-hybridized carbons (Fsp3) is 0.304. The highest BCUT2D eigenvalue weighted by Gasteiger charge is 2.23. The van der Waals surface area contributed by atoms with E-state index in [1.807, 2.05) is 32.9 Å². The van der Waals surface area contributed by atoms with Crippen LogP contribution < -0.4 is 10.3 Å². The lowest BCUT2D eigenvalue weighted by molar-refractivity contribution is -0.147. The van der Waals surface area contributed by atoms with E-state index in [1.165, 1.54) is 11.8 Å². The minimum Gasteiger partial charge on any atom is -0.477 e. The first-order valence-electron chi connectivity index (χ1n) is 9.93. The molecule has 0 aliphatic rings. The third kappa shape index (κ3) is 5.73. The summed E-state index contributed by atoms with van der Waals surface area (Å²) in [5.41, 5.74) is 0.646. The van der Waals surface area contributed by atoms with Crippen molar-refractivity contribution in [2.75, 3.05) is 7.11 Å². The number of benzene rings is 2.